The Morgan fingerprint density at radius 1 is 1.24 bits per heavy atom. The van der Waals surface area contributed by atoms with Crippen molar-refractivity contribution in [2.24, 2.45) is 16.9 Å². The van der Waals surface area contributed by atoms with Gasteiger partial charge in [0, 0.05) is 11.9 Å². The molecule has 0 radical (unpaired) electrons. The van der Waals surface area contributed by atoms with E-state index in [1.807, 2.05) is 0 Å². The summed E-state index contributed by atoms with van der Waals surface area (Å²) < 4.78 is 0. The molecule has 1 aromatic heterocycles. The van der Waals surface area contributed by atoms with Crippen LogP contribution in [0.15, 0.2) is 29.5 Å². The van der Waals surface area contributed by atoms with E-state index in [4.69, 9.17) is 0 Å². The molecule has 0 aliphatic rings. The predicted octanol–water partition coefficient (Wildman–Crippen LogP) is 2.48. The van der Waals surface area contributed by atoms with Crippen LogP contribution in [0.3, 0.4) is 0 Å². The maximum atomic E-state index is 11.7. The zero-order valence-electron chi connectivity index (χ0n) is 10.8. The minimum Gasteiger partial charge on any atom is -0.266 e. The summed E-state index contributed by atoms with van der Waals surface area (Å²) >= 11 is 0. The van der Waals surface area contributed by atoms with E-state index in [1.165, 1.54) is 0 Å². The third-order valence-electron chi connectivity index (χ3n) is 2.37. The highest BCUT2D eigenvalue weighted by Crippen LogP contribution is 2.07. The van der Waals surface area contributed by atoms with E-state index in [-0.39, 0.29) is 5.91 Å². The highest BCUT2D eigenvalue weighted by molar-refractivity contribution is 5.94. The van der Waals surface area contributed by atoms with E-state index < -0.39 is 0 Å². The molecule has 0 spiro atoms. The van der Waals surface area contributed by atoms with Crippen LogP contribution in [0, 0.1) is 11.8 Å². The van der Waals surface area contributed by atoms with Crippen LogP contribution in [-0.4, -0.2) is 16.6 Å². The Hall–Kier alpha value is -1.71. The van der Waals surface area contributed by atoms with Gasteiger partial charge in [0.15, 0.2) is 0 Å². The summed E-state index contributed by atoms with van der Waals surface area (Å²) in [5, 5.41) is 4.18. The van der Waals surface area contributed by atoms with Gasteiger partial charge in [-0.1, -0.05) is 33.8 Å². The molecule has 92 valence electrons. The molecular formula is C13H19N3O. The summed E-state index contributed by atoms with van der Waals surface area (Å²) in [5.41, 5.74) is 3.91. The second-order valence-electron chi connectivity index (χ2n) is 4.50. The Kier molecular flexibility index (Phi) is 4.82. The third kappa shape index (κ3) is 3.98. The predicted molar refractivity (Wildman–Crippen MR) is 68.8 cm³/mol. The average Bonchev–Trinajstić information content (AvgIpc) is 2.29. The lowest BCUT2D eigenvalue weighted by molar-refractivity contribution is 0.0949. The summed E-state index contributed by atoms with van der Waals surface area (Å²) in [6.45, 7) is 8.25. The highest BCUT2D eigenvalue weighted by atomic mass is 16.2. The van der Waals surface area contributed by atoms with Crippen LogP contribution in [0.2, 0.25) is 0 Å². The molecule has 0 bridgehead atoms. The number of hydrogen-bond acceptors (Lipinski definition) is 3. The van der Waals surface area contributed by atoms with Crippen molar-refractivity contribution in [1.82, 2.24) is 10.4 Å². The van der Waals surface area contributed by atoms with Crippen LogP contribution in [0.4, 0.5) is 0 Å². The molecule has 1 aromatic rings. The van der Waals surface area contributed by atoms with Crippen molar-refractivity contribution < 1.29 is 4.79 Å². The smallest absolute Gasteiger partial charge is 0.266 e. The van der Waals surface area contributed by atoms with Gasteiger partial charge in [-0.3, -0.25) is 9.78 Å². The molecular weight excluding hydrogens is 214 g/mol. The van der Waals surface area contributed by atoms with E-state index >= 15 is 0 Å². The van der Waals surface area contributed by atoms with Crippen LogP contribution in [-0.2, 0) is 0 Å². The Morgan fingerprint density at radius 3 is 2.35 bits per heavy atom. The van der Waals surface area contributed by atoms with Gasteiger partial charge in [-0.2, -0.15) is 5.10 Å². The number of pyridine rings is 1. The fourth-order valence-corrected chi connectivity index (χ4v) is 1.59. The van der Waals surface area contributed by atoms with Crippen molar-refractivity contribution in [2.45, 2.75) is 27.7 Å². The molecule has 1 rings (SSSR count). The van der Waals surface area contributed by atoms with E-state index in [0.29, 0.717) is 17.5 Å². The monoisotopic (exact) mass is 233 g/mol. The third-order valence-corrected chi connectivity index (χ3v) is 2.37. The largest absolute Gasteiger partial charge is 0.289 e. The molecule has 17 heavy (non-hydrogen) atoms. The summed E-state index contributed by atoms with van der Waals surface area (Å²) in [6, 6.07) is 5.21. The lowest BCUT2D eigenvalue weighted by atomic mass is 9.98. The number of nitrogens with zero attached hydrogens (tertiary/aromatic N) is 2. The number of nitrogens with one attached hydrogen (secondary N) is 1. The molecule has 0 fully saturated rings. The SMILES string of the molecule is CC(C)C(=NNC(=O)c1ccccn1)C(C)C. The average molecular weight is 233 g/mol. The fraction of sp³-hybridized carbons (Fsp3) is 0.462. The van der Waals surface area contributed by atoms with Gasteiger partial charge in [-0.05, 0) is 24.0 Å². The maximum Gasteiger partial charge on any atom is 0.289 e. The molecule has 4 nitrogen and oxygen atoms in total. The van der Waals surface area contributed by atoms with Gasteiger partial charge in [0.25, 0.3) is 5.91 Å². The van der Waals surface area contributed by atoms with E-state index in [2.05, 4.69) is 43.2 Å². The number of carbonyl (C=O) groups is 1. The molecule has 1 N–H and O–H groups in total. The number of rotatable bonds is 4. The number of carbonyl (C=O) groups excluding carboxylic acids is 1. The second-order valence-corrected chi connectivity index (χ2v) is 4.50. The maximum absolute atomic E-state index is 11.7. The molecule has 0 aliphatic heterocycles. The fourth-order valence-electron chi connectivity index (χ4n) is 1.59. The molecule has 0 saturated heterocycles. The molecule has 0 aromatic carbocycles. The Balaban J connectivity index is 2.72. The molecule has 0 saturated carbocycles. The summed E-state index contributed by atoms with van der Waals surface area (Å²) in [4.78, 5) is 15.7. The Morgan fingerprint density at radius 2 is 1.88 bits per heavy atom. The number of amides is 1. The Labute approximate surface area is 102 Å². The van der Waals surface area contributed by atoms with Crippen LogP contribution in [0.5, 0.6) is 0 Å². The first-order valence-corrected chi connectivity index (χ1v) is 5.81. The summed E-state index contributed by atoms with van der Waals surface area (Å²) in [7, 11) is 0. The van der Waals surface area contributed by atoms with E-state index in [9.17, 15) is 4.79 Å². The van der Waals surface area contributed by atoms with E-state index in [1.54, 1.807) is 24.4 Å². The van der Waals surface area contributed by atoms with E-state index in [0.717, 1.165) is 5.71 Å². The van der Waals surface area contributed by atoms with Crippen LogP contribution < -0.4 is 5.43 Å². The summed E-state index contributed by atoms with van der Waals surface area (Å²) in [5.74, 6) is 0.363. The molecule has 0 unspecified atom stereocenters. The van der Waals surface area contributed by atoms with Gasteiger partial charge in [-0.15, -0.1) is 0 Å². The molecule has 4 heteroatoms. The molecule has 1 amide bonds. The van der Waals surface area contributed by atoms with Gasteiger partial charge < -0.3 is 0 Å². The first-order chi connectivity index (χ1) is 8.02. The molecule has 1 heterocycles. The standard InChI is InChI=1S/C13H19N3O/c1-9(2)12(10(3)4)15-16-13(17)11-7-5-6-8-14-11/h5-10H,1-4H3,(H,16,17). The van der Waals surface area contributed by atoms with Crippen LogP contribution in [0.1, 0.15) is 38.2 Å². The first kappa shape index (κ1) is 13.4. The Bertz CT molecular complexity index is 386. The normalized spacial score (nSPS) is 10.5. The first-order valence-electron chi connectivity index (χ1n) is 5.81. The highest BCUT2D eigenvalue weighted by Gasteiger charge is 2.11. The molecule has 0 atom stereocenters. The number of hydrazone groups is 1. The van der Waals surface area contributed by atoms with Gasteiger partial charge in [-0.25, -0.2) is 5.43 Å². The zero-order chi connectivity index (χ0) is 12.8. The van der Waals surface area contributed by atoms with Crippen molar-refractivity contribution in [3.8, 4) is 0 Å². The zero-order valence-corrected chi connectivity index (χ0v) is 10.8. The van der Waals surface area contributed by atoms with Crippen molar-refractivity contribution >= 4 is 11.6 Å². The van der Waals surface area contributed by atoms with Crippen molar-refractivity contribution in [3.05, 3.63) is 30.1 Å². The van der Waals surface area contributed by atoms with Crippen molar-refractivity contribution in [3.63, 3.8) is 0 Å². The van der Waals surface area contributed by atoms with Crippen molar-refractivity contribution in [2.75, 3.05) is 0 Å². The second kappa shape index (κ2) is 6.13. The summed E-state index contributed by atoms with van der Waals surface area (Å²) in [6.07, 6.45) is 1.59. The van der Waals surface area contributed by atoms with Gasteiger partial charge >= 0.3 is 0 Å². The van der Waals surface area contributed by atoms with Gasteiger partial charge in [0.2, 0.25) is 0 Å². The van der Waals surface area contributed by atoms with Crippen LogP contribution in [0.25, 0.3) is 0 Å². The van der Waals surface area contributed by atoms with Crippen molar-refractivity contribution in [1.29, 1.82) is 0 Å². The lowest BCUT2D eigenvalue weighted by Crippen LogP contribution is -2.24. The number of hydrogen-bond donors (Lipinski definition) is 1. The number of aromatic nitrogens is 1. The topological polar surface area (TPSA) is 54.4 Å². The van der Waals surface area contributed by atoms with Crippen LogP contribution >= 0.6 is 0 Å². The lowest BCUT2D eigenvalue weighted by Gasteiger charge is -2.13. The van der Waals surface area contributed by atoms with Gasteiger partial charge in [0.05, 0.1) is 0 Å². The quantitative estimate of drug-likeness (QED) is 0.641. The van der Waals surface area contributed by atoms with Gasteiger partial charge in [0.1, 0.15) is 5.69 Å². The molecule has 0 aliphatic carbocycles. The minimum atomic E-state index is -0.274. The minimum absolute atomic E-state index is 0.274.